The summed E-state index contributed by atoms with van der Waals surface area (Å²) in [5, 5.41) is 3.21. The summed E-state index contributed by atoms with van der Waals surface area (Å²) in [6, 6.07) is 0. The molecule has 3 heteroatoms. The third-order valence-electron chi connectivity index (χ3n) is 2.48. The van der Waals surface area contributed by atoms with Gasteiger partial charge < -0.3 is 15.0 Å². The molecule has 1 atom stereocenters. The van der Waals surface area contributed by atoms with E-state index in [0.29, 0.717) is 12.2 Å². The molecule has 0 saturated carbocycles. The molecule has 0 radical (unpaired) electrons. The molecule has 0 amide bonds. The van der Waals surface area contributed by atoms with Crippen molar-refractivity contribution >= 4 is 0 Å². The maximum absolute atomic E-state index is 5.81. The van der Waals surface area contributed by atoms with Crippen molar-refractivity contribution in [3.05, 3.63) is 0 Å². The molecule has 2 aliphatic rings. The maximum atomic E-state index is 5.81. The summed E-state index contributed by atoms with van der Waals surface area (Å²) in [7, 11) is 2.16. The SMILES string of the molecule is CC.CC.CN1CCC(OC2CNC2)C1. The van der Waals surface area contributed by atoms with E-state index in [-0.39, 0.29) is 0 Å². The average molecular weight is 216 g/mol. The highest BCUT2D eigenvalue weighted by Crippen LogP contribution is 2.13. The molecule has 0 aliphatic carbocycles. The highest BCUT2D eigenvalue weighted by Gasteiger charge is 2.26. The van der Waals surface area contributed by atoms with E-state index in [1.54, 1.807) is 0 Å². The van der Waals surface area contributed by atoms with Crippen LogP contribution in [0.15, 0.2) is 0 Å². The molecule has 3 nitrogen and oxygen atoms in total. The molecule has 92 valence electrons. The first-order valence-electron chi connectivity index (χ1n) is 6.39. The highest BCUT2D eigenvalue weighted by molar-refractivity contribution is 4.80. The van der Waals surface area contributed by atoms with Crippen LogP contribution in [0.2, 0.25) is 0 Å². The Morgan fingerprint density at radius 3 is 2.00 bits per heavy atom. The lowest BCUT2D eigenvalue weighted by Crippen LogP contribution is -2.50. The van der Waals surface area contributed by atoms with Gasteiger partial charge in [0, 0.05) is 26.2 Å². The Hall–Kier alpha value is -0.120. The smallest absolute Gasteiger partial charge is 0.0828 e. The van der Waals surface area contributed by atoms with Gasteiger partial charge in [-0.1, -0.05) is 27.7 Å². The number of hydrogen-bond donors (Lipinski definition) is 1. The van der Waals surface area contributed by atoms with Crippen LogP contribution in [-0.4, -0.2) is 50.3 Å². The van der Waals surface area contributed by atoms with Crippen LogP contribution in [0, 0.1) is 0 Å². The zero-order valence-corrected chi connectivity index (χ0v) is 11.0. The normalized spacial score (nSPS) is 25.8. The van der Waals surface area contributed by atoms with E-state index in [1.807, 2.05) is 27.7 Å². The summed E-state index contributed by atoms with van der Waals surface area (Å²) in [6.07, 6.45) is 2.23. The quantitative estimate of drug-likeness (QED) is 0.761. The van der Waals surface area contributed by atoms with E-state index >= 15 is 0 Å². The van der Waals surface area contributed by atoms with Gasteiger partial charge in [0.2, 0.25) is 0 Å². The minimum Gasteiger partial charge on any atom is -0.371 e. The molecule has 0 bridgehead atoms. The average Bonchev–Trinajstić information content (AvgIpc) is 2.64. The molecule has 0 aromatic carbocycles. The van der Waals surface area contributed by atoms with Gasteiger partial charge >= 0.3 is 0 Å². The van der Waals surface area contributed by atoms with Crippen molar-refractivity contribution in [1.29, 1.82) is 0 Å². The third-order valence-corrected chi connectivity index (χ3v) is 2.48. The summed E-state index contributed by atoms with van der Waals surface area (Å²) in [5.41, 5.74) is 0. The fourth-order valence-electron chi connectivity index (χ4n) is 1.64. The van der Waals surface area contributed by atoms with E-state index in [9.17, 15) is 0 Å². The molecular formula is C12H28N2O. The predicted octanol–water partition coefficient (Wildman–Crippen LogP) is 1.73. The van der Waals surface area contributed by atoms with Crippen LogP contribution in [0.25, 0.3) is 0 Å². The number of hydrogen-bond acceptors (Lipinski definition) is 3. The van der Waals surface area contributed by atoms with E-state index in [0.717, 1.165) is 19.6 Å². The summed E-state index contributed by atoms with van der Waals surface area (Å²) in [5.74, 6) is 0. The van der Waals surface area contributed by atoms with Crippen molar-refractivity contribution in [2.24, 2.45) is 0 Å². The van der Waals surface area contributed by atoms with Crippen LogP contribution < -0.4 is 5.32 Å². The molecule has 1 unspecified atom stereocenters. The Balaban J connectivity index is 0.000000442. The number of likely N-dealkylation sites (N-methyl/N-ethyl adjacent to an activating group) is 1. The van der Waals surface area contributed by atoms with Crippen molar-refractivity contribution in [3.63, 3.8) is 0 Å². The fourth-order valence-corrected chi connectivity index (χ4v) is 1.64. The van der Waals surface area contributed by atoms with Crippen molar-refractivity contribution in [3.8, 4) is 0 Å². The molecule has 0 aromatic rings. The van der Waals surface area contributed by atoms with Crippen LogP contribution in [-0.2, 0) is 4.74 Å². The number of likely N-dealkylation sites (tertiary alicyclic amines) is 1. The predicted molar refractivity (Wildman–Crippen MR) is 66.3 cm³/mol. The van der Waals surface area contributed by atoms with Crippen molar-refractivity contribution in [2.75, 3.05) is 33.2 Å². The van der Waals surface area contributed by atoms with Crippen molar-refractivity contribution in [1.82, 2.24) is 10.2 Å². The molecule has 1 N–H and O–H groups in total. The third kappa shape index (κ3) is 5.50. The molecule has 2 aliphatic heterocycles. The van der Waals surface area contributed by atoms with Gasteiger partial charge in [0.25, 0.3) is 0 Å². The van der Waals surface area contributed by atoms with Gasteiger partial charge in [-0.3, -0.25) is 0 Å². The van der Waals surface area contributed by atoms with E-state index in [1.165, 1.54) is 13.0 Å². The monoisotopic (exact) mass is 216 g/mol. The molecule has 0 aromatic heterocycles. The van der Waals surface area contributed by atoms with Gasteiger partial charge in [0.15, 0.2) is 0 Å². The molecule has 0 spiro atoms. The largest absolute Gasteiger partial charge is 0.371 e. The van der Waals surface area contributed by atoms with Crippen molar-refractivity contribution < 1.29 is 4.74 Å². The molecular weight excluding hydrogens is 188 g/mol. The van der Waals surface area contributed by atoms with Crippen molar-refractivity contribution in [2.45, 2.75) is 46.3 Å². The highest BCUT2D eigenvalue weighted by atomic mass is 16.5. The van der Waals surface area contributed by atoms with E-state index in [4.69, 9.17) is 4.74 Å². The van der Waals surface area contributed by atoms with E-state index < -0.39 is 0 Å². The van der Waals surface area contributed by atoms with Crippen LogP contribution in [0.4, 0.5) is 0 Å². The van der Waals surface area contributed by atoms with Crippen LogP contribution in [0.5, 0.6) is 0 Å². The summed E-state index contributed by atoms with van der Waals surface area (Å²) >= 11 is 0. The van der Waals surface area contributed by atoms with Crippen LogP contribution >= 0.6 is 0 Å². The first-order valence-corrected chi connectivity index (χ1v) is 6.39. The van der Waals surface area contributed by atoms with Crippen LogP contribution in [0.1, 0.15) is 34.1 Å². The molecule has 2 heterocycles. The fraction of sp³-hybridized carbons (Fsp3) is 1.00. The minimum atomic E-state index is 0.506. The second kappa shape index (κ2) is 9.13. The molecule has 2 fully saturated rings. The minimum absolute atomic E-state index is 0.506. The lowest BCUT2D eigenvalue weighted by atomic mass is 10.2. The second-order valence-electron chi connectivity index (χ2n) is 3.59. The summed E-state index contributed by atoms with van der Waals surface area (Å²) in [4.78, 5) is 2.33. The Kier molecular flexibility index (Phi) is 9.06. The zero-order valence-electron chi connectivity index (χ0n) is 11.0. The Bertz CT molecular complexity index is 138. The Morgan fingerprint density at radius 2 is 1.67 bits per heavy atom. The number of ether oxygens (including phenoxy) is 1. The summed E-state index contributed by atoms with van der Waals surface area (Å²) in [6.45, 7) is 12.4. The van der Waals surface area contributed by atoms with Gasteiger partial charge in [-0.25, -0.2) is 0 Å². The number of nitrogens with one attached hydrogen (secondary N) is 1. The molecule has 15 heavy (non-hydrogen) atoms. The Morgan fingerprint density at radius 1 is 1.07 bits per heavy atom. The number of nitrogens with zero attached hydrogens (tertiary/aromatic N) is 1. The van der Waals surface area contributed by atoms with Gasteiger partial charge in [0.1, 0.15) is 0 Å². The first-order chi connectivity index (χ1) is 7.34. The zero-order chi connectivity index (χ0) is 11.7. The molecule has 2 saturated heterocycles. The molecule has 2 rings (SSSR count). The Labute approximate surface area is 95.2 Å². The lowest BCUT2D eigenvalue weighted by molar-refractivity contribution is -0.0310. The van der Waals surface area contributed by atoms with Gasteiger partial charge in [-0.15, -0.1) is 0 Å². The topological polar surface area (TPSA) is 24.5 Å². The second-order valence-corrected chi connectivity index (χ2v) is 3.59. The van der Waals surface area contributed by atoms with Gasteiger partial charge in [-0.05, 0) is 13.5 Å². The standard InChI is InChI=1S/C8H16N2O.2C2H6/c1-10-3-2-7(6-10)11-8-4-9-5-8;2*1-2/h7-9H,2-6H2,1H3;2*1-2H3. The first kappa shape index (κ1) is 14.9. The van der Waals surface area contributed by atoms with Gasteiger partial charge in [0.05, 0.1) is 12.2 Å². The van der Waals surface area contributed by atoms with E-state index in [2.05, 4.69) is 17.3 Å². The summed E-state index contributed by atoms with van der Waals surface area (Å²) < 4.78 is 5.81. The lowest BCUT2D eigenvalue weighted by Gasteiger charge is -2.29. The maximum Gasteiger partial charge on any atom is 0.0828 e. The number of rotatable bonds is 2. The van der Waals surface area contributed by atoms with Crippen LogP contribution in [0.3, 0.4) is 0 Å². The van der Waals surface area contributed by atoms with Gasteiger partial charge in [-0.2, -0.15) is 0 Å².